The van der Waals surface area contributed by atoms with Crippen LogP contribution in [0.3, 0.4) is 0 Å². The SMILES string of the molecule is O=C(O)c1ccc(NC2CC=CC2)c(F)c1F. The van der Waals surface area contributed by atoms with Crippen LogP contribution in [0.15, 0.2) is 24.3 Å². The van der Waals surface area contributed by atoms with E-state index in [2.05, 4.69) is 5.32 Å². The predicted octanol–water partition coefficient (Wildman–Crippen LogP) is 2.79. The number of carboxylic acids is 1. The smallest absolute Gasteiger partial charge is 0.338 e. The summed E-state index contributed by atoms with van der Waals surface area (Å²) in [4.78, 5) is 10.6. The molecule has 0 atom stereocenters. The Hall–Kier alpha value is -1.91. The van der Waals surface area contributed by atoms with Crippen molar-refractivity contribution in [2.24, 2.45) is 0 Å². The van der Waals surface area contributed by atoms with Gasteiger partial charge >= 0.3 is 5.97 Å². The predicted molar refractivity (Wildman–Crippen MR) is 59.1 cm³/mol. The fourth-order valence-corrected chi connectivity index (χ4v) is 1.78. The lowest BCUT2D eigenvalue weighted by atomic mass is 10.1. The van der Waals surface area contributed by atoms with Crippen molar-refractivity contribution in [1.29, 1.82) is 0 Å². The van der Waals surface area contributed by atoms with E-state index >= 15 is 0 Å². The molecule has 2 rings (SSSR count). The zero-order valence-electron chi connectivity index (χ0n) is 8.91. The summed E-state index contributed by atoms with van der Waals surface area (Å²) in [5.41, 5.74) is -0.654. The quantitative estimate of drug-likeness (QED) is 0.797. The van der Waals surface area contributed by atoms with Gasteiger partial charge in [-0.15, -0.1) is 0 Å². The molecule has 0 fully saturated rings. The molecule has 17 heavy (non-hydrogen) atoms. The molecule has 0 aromatic heterocycles. The highest BCUT2D eigenvalue weighted by Crippen LogP contribution is 2.23. The maximum Gasteiger partial charge on any atom is 0.338 e. The van der Waals surface area contributed by atoms with E-state index in [4.69, 9.17) is 5.11 Å². The van der Waals surface area contributed by atoms with Crippen LogP contribution in [-0.4, -0.2) is 17.1 Å². The second kappa shape index (κ2) is 4.53. The average molecular weight is 239 g/mol. The van der Waals surface area contributed by atoms with Crippen LogP contribution in [0.5, 0.6) is 0 Å². The lowest BCUT2D eigenvalue weighted by molar-refractivity contribution is 0.0690. The molecule has 90 valence electrons. The maximum absolute atomic E-state index is 13.6. The number of anilines is 1. The number of hydrogen-bond acceptors (Lipinski definition) is 2. The van der Waals surface area contributed by atoms with Crippen LogP contribution in [0.2, 0.25) is 0 Å². The lowest BCUT2D eigenvalue weighted by Gasteiger charge is -2.14. The van der Waals surface area contributed by atoms with E-state index in [0.29, 0.717) is 0 Å². The number of benzene rings is 1. The molecular formula is C12H11F2NO2. The number of halogens is 2. The van der Waals surface area contributed by atoms with E-state index in [-0.39, 0.29) is 11.7 Å². The summed E-state index contributed by atoms with van der Waals surface area (Å²) in [6, 6.07) is 2.35. The van der Waals surface area contributed by atoms with Gasteiger partial charge in [0.25, 0.3) is 0 Å². The highest BCUT2D eigenvalue weighted by molar-refractivity contribution is 5.88. The molecule has 1 aliphatic rings. The third kappa shape index (κ3) is 2.27. The Labute approximate surface area is 96.8 Å². The summed E-state index contributed by atoms with van der Waals surface area (Å²) in [5.74, 6) is -3.94. The molecule has 0 radical (unpaired) electrons. The van der Waals surface area contributed by atoms with Crippen molar-refractivity contribution in [1.82, 2.24) is 0 Å². The topological polar surface area (TPSA) is 49.3 Å². The zero-order chi connectivity index (χ0) is 12.4. The van der Waals surface area contributed by atoms with Crippen LogP contribution in [0.25, 0.3) is 0 Å². The summed E-state index contributed by atoms with van der Waals surface area (Å²) in [6.07, 6.45) is 5.42. The van der Waals surface area contributed by atoms with Gasteiger partial charge in [0.05, 0.1) is 11.3 Å². The van der Waals surface area contributed by atoms with Crippen molar-refractivity contribution >= 4 is 11.7 Å². The molecule has 0 spiro atoms. The number of aromatic carboxylic acids is 1. The Kier molecular flexibility index (Phi) is 3.08. The van der Waals surface area contributed by atoms with Crippen molar-refractivity contribution < 1.29 is 18.7 Å². The Morgan fingerprint density at radius 1 is 1.24 bits per heavy atom. The Balaban J connectivity index is 2.24. The summed E-state index contributed by atoms with van der Waals surface area (Å²) in [5, 5.41) is 11.5. The first-order valence-corrected chi connectivity index (χ1v) is 5.22. The first-order valence-electron chi connectivity index (χ1n) is 5.22. The van der Waals surface area contributed by atoms with Gasteiger partial charge in [-0.3, -0.25) is 0 Å². The molecule has 0 heterocycles. The number of rotatable bonds is 3. The van der Waals surface area contributed by atoms with Crippen molar-refractivity contribution in [3.63, 3.8) is 0 Å². The van der Waals surface area contributed by atoms with Gasteiger partial charge in [-0.2, -0.15) is 0 Å². The van der Waals surface area contributed by atoms with Gasteiger partial charge in [0, 0.05) is 6.04 Å². The molecule has 2 N–H and O–H groups in total. The Bertz CT molecular complexity index is 478. The largest absolute Gasteiger partial charge is 0.478 e. The van der Waals surface area contributed by atoms with E-state index < -0.39 is 23.2 Å². The average Bonchev–Trinajstić information content (AvgIpc) is 2.77. The molecule has 0 unspecified atom stereocenters. The Morgan fingerprint density at radius 2 is 1.88 bits per heavy atom. The minimum absolute atomic E-state index is 0.00111. The van der Waals surface area contributed by atoms with Gasteiger partial charge in [-0.1, -0.05) is 12.2 Å². The fourth-order valence-electron chi connectivity index (χ4n) is 1.78. The van der Waals surface area contributed by atoms with Crippen LogP contribution in [0.4, 0.5) is 14.5 Å². The van der Waals surface area contributed by atoms with Crippen molar-refractivity contribution in [3.05, 3.63) is 41.5 Å². The summed E-state index contributed by atoms with van der Waals surface area (Å²) in [6.45, 7) is 0. The Morgan fingerprint density at radius 3 is 2.47 bits per heavy atom. The van der Waals surface area contributed by atoms with Crippen LogP contribution >= 0.6 is 0 Å². The van der Waals surface area contributed by atoms with E-state index in [1.54, 1.807) is 0 Å². The fraction of sp³-hybridized carbons (Fsp3) is 0.250. The van der Waals surface area contributed by atoms with Gasteiger partial charge < -0.3 is 10.4 Å². The molecule has 0 amide bonds. The third-order valence-corrected chi connectivity index (χ3v) is 2.68. The minimum Gasteiger partial charge on any atom is -0.478 e. The molecule has 0 saturated carbocycles. The molecule has 3 nitrogen and oxygen atoms in total. The molecular weight excluding hydrogens is 228 g/mol. The van der Waals surface area contributed by atoms with Gasteiger partial charge in [-0.05, 0) is 25.0 Å². The van der Waals surface area contributed by atoms with Crippen LogP contribution in [0.1, 0.15) is 23.2 Å². The normalized spacial score (nSPS) is 15.2. The number of carbonyl (C=O) groups is 1. The molecule has 1 aromatic carbocycles. The molecule has 0 saturated heterocycles. The summed E-state index contributed by atoms with van der Waals surface area (Å²) < 4.78 is 26.9. The van der Waals surface area contributed by atoms with Crippen molar-refractivity contribution in [3.8, 4) is 0 Å². The van der Waals surface area contributed by atoms with E-state index in [0.717, 1.165) is 18.9 Å². The van der Waals surface area contributed by atoms with E-state index in [9.17, 15) is 13.6 Å². The standard InChI is InChI=1S/C12H11F2NO2/c13-10-8(12(16)17)5-6-9(11(10)14)15-7-3-1-2-4-7/h1-2,5-7,15H,3-4H2,(H,16,17). The molecule has 0 bridgehead atoms. The zero-order valence-corrected chi connectivity index (χ0v) is 8.91. The monoisotopic (exact) mass is 239 g/mol. The molecule has 1 aliphatic carbocycles. The molecule has 1 aromatic rings. The van der Waals surface area contributed by atoms with Crippen molar-refractivity contribution in [2.75, 3.05) is 5.32 Å². The van der Waals surface area contributed by atoms with Gasteiger partial charge in [0.1, 0.15) is 0 Å². The number of carboxylic acid groups (broad SMARTS) is 1. The number of nitrogens with one attached hydrogen (secondary N) is 1. The summed E-state index contributed by atoms with van der Waals surface area (Å²) >= 11 is 0. The third-order valence-electron chi connectivity index (χ3n) is 2.68. The van der Waals surface area contributed by atoms with Crippen LogP contribution in [0, 0.1) is 11.6 Å². The van der Waals surface area contributed by atoms with Crippen molar-refractivity contribution in [2.45, 2.75) is 18.9 Å². The lowest BCUT2D eigenvalue weighted by Crippen LogP contribution is -2.17. The van der Waals surface area contributed by atoms with Gasteiger partial charge in [0.15, 0.2) is 11.6 Å². The highest BCUT2D eigenvalue weighted by Gasteiger charge is 2.19. The minimum atomic E-state index is -1.48. The number of hydrogen-bond donors (Lipinski definition) is 2. The highest BCUT2D eigenvalue weighted by atomic mass is 19.2. The van der Waals surface area contributed by atoms with Crippen LogP contribution in [-0.2, 0) is 0 Å². The van der Waals surface area contributed by atoms with Gasteiger partial charge in [0.2, 0.25) is 0 Å². The maximum atomic E-state index is 13.6. The molecule has 5 heteroatoms. The van der Waals surface area contributed by atoms with Crippen LogP contribution < -0.4 is 5.32 Å². The van der Waals surface area contributed by atoms with Gasteiger partial charge in [-0.25, -0.2) is 13.6 Å². The first kappa shape index (κ1) is 11.6. The second-order valence-corrected chi connectivity index (χ2v) is 3.88. The second-order valence-electron chi connectivity index (χ2n) is 3.88. The molecule has 0 aliphatic heterocycles. The van der Waals surface area contributed by atoms with E-state index in [1.165, 1.54) is 6.07 Å². The van der Waals surface area contributed by atoms with E-state index in [1.807, 2.05) is 12.2 Å². The summed E-state index contributed by atoms with van der Waals surface area (Å²) in [7, 11) is 0. The first-order chi connectivity index (χ1) is 8.09.